The fourth-order valence-corrected chi connectivity index (χ4v) is 4.23. The van der Waals surface area contributed by atoms with Crippen LogP contribution in [0.5, 0.6) is 0 Å². The van der Waals surface area contributed by atoms with Crippen molar-refractivity contribution in [3.8, 4) is 0 Å². The van der Waals surface area contributed by atoms with Gasteiger partial charge in [0.05, 0.1) is 21.7 Å². The van der Waals surface area contributed by atoms with E-state index in [1.165, 1.54) is 0 Å². The summed E-state index contributed by atoms with van der Waals surface area (Å²) in [5, 5.41) is 15.7. The fraction of sp³-hybridized carbons (Fsp3) is 0.235. The topological polar surface area (TPSA) is 71.3 Å². The van der Waals surface area contributed by atoms with Crippen molar-refractivity contribution < 1.29 is 4.92 Å². The summed E-state index contributed by atoms with van der Waals surface area (Å²) in [4.78, 5) is 17.7. The number of nitrogens with zero attached hydrogens (tertiary/aromatic N) is 3. The van der Waals surface area contributed by atoms with E-state index in [9.17, 15) is 10.1 Å². The predicted molar refractivity (Wildman–Crippen MR) is 97.0 cm³/mol. The Hall–Kier alpha value is -2.67. The molecular formula is C17H16N4O2S. The van der Waals surface area contributed by atoms with Gasteiger partial charge in [-0.1, -0.05) is 12.1 Å². The van der Waals surface area contributed by atoms with Crippen LogP contribution in [0.15, 0.2) is 36.4 Å². The van der Waals surface area contributed by atoms with Gasteiger partial charge in [0, 0.05) is 30.9 Å². The van der Waals surface area contributed by atoms with Gasteiger partial charge in [-0.05, 0) is 24.6 Å². The highest BCUT2D eigenvalue weighted by Gasteiger charge is 2.26. The van der Waals surface area contributed by atoms with Crippen molar-refractivity contribution >= 4 is 38.6 Å². The first kappa shape index (κ1) is 14.9. The molecule has 0 unspecified atom stereocenters. The average molecular weight is 340 g/mol. The maximum absolute atomic E-state index is 11.5. The number of fused-ring (bicyclic) bond motifs is 2. The highest BCUT2D eigenvalue weighted by atomic mass is 32.1. The third kappa shape index (κ3) is 2.46. The predicted octanol–water partition coefficient (Wildman–Crippen LogP) is 3.81. The van der Waals surface area contributed by atoms with Crippen molar-refractivity contribution in [1.82, 2.24) is 4.98 Å². The zero-order valence-corrected chi connectivity index (χ0v) is 14.0. The van der Waals surface area contributed by atoms with Gasteiger partial charge in [0.2, 0.25) is 0 Å². The molecule has 7 heteroatoms. The minimum Gasteiger partial charge on any atom is -0.384 e. The lowest BCUT2D eigenvalue weighted by atomic mass is 10.1. The Balaban J connectivity index is 1.72. The number of anilines is 2. The summed E-state index contributed by atoms with van der Waals surface area (Å²) in [6.45, 7) is 1.37. The first-order chi connectivity index (χ1) is 11.6. The van der Waals surface area contributed by atoms with Gasteiger partial charge in [-0.2, -0.15) is 0 Å². The summed E-state index contributed by atoms with van der Waals surface area (Å²) in [5.74, 6) is 0. The van der Waals surface area contributed by atoms with Crippen molar-refractivity contribution in [3.05, 3.63) is 57.1 Å². The minimum absolute atomic E-state index is 0.154. The molecule has 24 heavy (non-hydrogen) atoms. The van der Waals surface area contributed by atoms with E-state index in [0.717, 1.165) is 39.4 Å². The number of hydrogen-bond donors (Lipinski definition) is 1. The van der Waals surface area contributed by atoms with Crippen molar-refractivity contribution in [1.29, 1.82) is 0 Å². The lowest BCUT2D eigenvalue weighted by Crippen LogP contribution is -2.19. The van der Waals surface area contributed by atoms with E-state index in [4.69, 9.17) is 0 Å². The second-order valence-electron chi connectivity index (χ2n) is 5.82. The zero-order chi connectivity index (χ0) is 16.7. The van der Waals surface area contributed by atoms with E-state index in [0.29, 0.717) is 12.2 Å². The number of aromatic nitrogens is 1. The molecule has 0 fully saturated rings. The molecule has 6 nitrogen and oxygen atoms in total. The van der Waals surface area contributed by atoms with Crippen molar-refractivity contribution in [2.45, 2.75) is 13.0 Å². The van der Waals surface area contributed by atoms with Crippen LogP contribution in [0.2, 0.25) is 0 Å². The Morgan fingerprint density at radius 3 is 2.96 bits per heavy atom. The van der Waals surface area contributed by atoms with Gasteiger partial charge in [-0.15, -0.1) is 11.3 Å². The number of nitro benzene ring substituents is 1. The van der Waals surface area contributed by atoms with Gasteiger partial charge in [0.15, 0.2) is 0 Å². The van der Waals surface area contributed by atoms with Crippen LogP contribution in [0, 0.1) is 10.1 Å². The second kappa shape index (κ2) is 5.76. The number of rotatable bonds is 4. The van der Waals surface area contributed by atoms with Gasteiger partial charge < -0.3 is 10.2 Å². The van der Waals surface area contributed by atoms with Crippen molar-refractivity contribution in [2.75, 3.05) is 23.8 Å². The van der Waals surface area contributed by atoms with Gasteiger partial charge >= 0.3 is 0 Å². The van der Waals surface area contributed by atoms with Gasteiger partial charge in [-0.25, -0.2) is 4.98 Å². The third-order valence-electron chi connectivity index (χ3n) is 4.24. The Morgan fingerprint density at radius 2 is 2.17 bits per heavy atom. The number of nitro groups is 1. The Bertz CT molecular complexity index is 904. The molecular weight excluding hydrogens is 324 g/mol. The van der Waals surface area contributed by atoms with Crippen LogP contribution in [-0.4, -0.2) is 23.5 Å². The first-order valence-electron chi connectivity index (χ1n) is 7.73. The van der Waals surface area contributed by atoms with Crippen molar-refractivity contribution in [2.24, 2.45) is 0 Å². The van der Waals surface area contributed by atoms with Gasteiger partial charge in [0.1, 0.15) is 10.7 Å². The van der Waals surface area contributed by atoms with Crippen LogP contribution in [0.1, 0.15) is 10.6 Å². The largest absolute Gasteiger partial charge is 0.384 e. The molecule has 4 rings (SSSR count). The lowest BCUT2D eigenvalue weighted by molar-refractivity contribution is -0.384. The summed E-state index contributed by atoms with van der Waals surface area (Å²) >= 11 is 1.63. The highest BCUT2D eigenvalue weighted by Crippen LogP contribution is 2.39. The number of thiazole rings is 1. The molecule has 2 aromatic carbocycles. The Labute approximate surface area is 142 Å². The Morgan fingerprint density at radius 1 is 1.33 bits per heavy atom. The SMILES string of the molecule is CN(Cc1nc2ccccc2s1)c1c([N+](=O)[O-])ccc2c1CCN2. The molecule has 0 radical (unpaired) electrons. The minimum atomic E-state index is -0.303. The van der Waals surface area contributed by atoms with E-state index in [1.807, 2.05) is 36.2 Å². The van der Waals surface area contributed by atoms with E-state index in [-0.39, 0.29) is 10.6 Å². The molecule has 0 bridgehead atoms. The quantitative estimate of drug-likeness (QED) is 0.578. The van der Waals surface area contributed by atoms with Crippen molar-refractivity contribution in [3.63, 3.8) is 0 Å². The highest BCUT2D eigenvalue weighted by molar-refractivity contribution is 7.18. The van der Waals surface area contributed by atoms with E-state index in [2.05, 4.69) is 10.3 Å². The summed E-state index contributed by atoms with van der Waals surface area (Å²) in [5.41, 5.74) is 3.84. The molecule has 1 aromatic heterocycles. The average Bonchev–Trinajstić information content (AvgIpc) is 3.19. The molecule has 0 atom stereocenters. The maximum atomic E-state index is 11.5. The molecule has 0 spiro atoms. The maximum Gasteiger partial charge on any atom is 0.292 e. The van der Waals surface area contributed by atoms with Crippen LogP contribution in [-0.2, 0) is 13.0 Å². The summed E-state index contributed by atoms with van der Waals surface area (Å²) in [7, 11) is 1.90. The summed E-state index contributed by atoms with van der Waals surface area (Å²) < 4.78 is 1.13. The Kier molecular flexibility index (Phi) is 3.57. The van der Waals surface area contributed by atoms with Crippen LogP contribution in [0.25, 0.3) is 10.2 Å². The van der Waals surface area contributed by atoms with E-state index >= 15 is 0 Å². The van der Waals surface area contributed by atoms with Gasteiger partial charge in [-0.3, -0.25) is 10.1 Å². The smallest absolute Gasteiger partial charge is 0.292 e. The molecule has 0 amide bonds. The van der Waals surface area contributed by atoms with E-state index < -0.39 is 0 Å². The normalized spacial score (nSPS) is 12.9. The second-order valence-corrected chi connectivity index (χ2v) is 6.94. The van der Waals surface area contributed by atoms with Crippen LogP contribution < -0.4 is 10.2 Å². The molecule has 0 saturated carbocycles. The first-order valence-corrected chi connectivity index (χ1v) is 8.55. The molecule has 122 valence electrons. The van der Waals surface area contributed by atoms with Crippen LogP contribution >= 0.6 is 11.3 Å². The van der Waals surface area contributed by atoms with Crippen LogP contribution in [0.4, 0.5) is 17.1 Å². The molecule has 1 N–H and O–H groups in total. The summed E-state index contributed by atoms with van der Waals surface area (Å²) in [6.07, 6.45) is 0.802. The number of benzene rings is 2. The van der Waals surface area contributed by atoms with E-state index in [1.54, 1.807) is 23.5 Å². The fourth-order valence-electron chi connectivity index (χ4n) is 3.21. The summed E-state index contributed by atoms with van der Waals surface area (Å²) in [6, 6.07) is 11.4. The van der Waals surface area contributed by atoms with Crippen LogP contribution in [0.3, 0.4) is 0 Å². The molecule has 0 saturated heterocycles. The molecule has 2 heterocycles. The zero-order valence-electron chi connectivity index (χ0n) is 13.2. The number of hydrogen-bond acceptors (Lipinski definition) is 6. The standard InChI is InChI=1S/C17H16N4O2S/c1-20(10-16-19-13-4-2-3-5-15(13)24-16)17-11-8-9-18-12(11)6-7-14(17)21(22)23/h2-7,18H,8-10H2,1H3. The third-order valence-corrected chi connectivity index (χ3v) is 5.26. The number of para-hydroxylation sites is 1. The lowest BCUT2D eigenvalue weighted by Gasteiger charge is -2.20. The monoisotopic (exact) mass is 340 g/mol. The molecule has 1 aliphatic rings. The number of nitrogens with one attached hydrogen (secondary N) is 1. The van der Waals surface area contributed by atoms with Gasteiger partial charge in [0.25, 0.3) is 5.69 Å². The molecule has 1 aliphatic heterocycles. The molecule has 3 aromatic rings. The molecule has 0 aliphatic carbocycles.